The van der Waals surface area contributed by atoms with Gasteiger partial charge in [-0.2, -0.15) is 5.10 Å². The molecule has 1 aromatic heterocycles. The Morgan fingerprint density at radius 1 is 1.62 bits per heavy atom. The third-order valence-electron chi connectivity index (χ3n) is 2.86. The van der Waals surface area contributed by atoms with Crippen molar-refractivity contribution in [2.24, 2.45) is 5.73 Å². The van der Waals surface area contributed by atoms with E-state index in [1.165, 1.54) is 18.4 Å². The Morgan fingerprint density at radius 3 is 3.00 bits per heavy atom. The molecule has 2 rings (SSSR count). The second kappa shape index (κ2) is 3.50. The molecular weight excluding hydrogens is 162 g/mol. The number of nitrogens with zero attached hydrogens (tertiary/aromatic N) is 2. The van der Waals surface area contributed by atoms with Gasteiger partial charge >= 0.3 is 0 Å². The summed E-state index contributed by atoms with van der Waals surface area (Å²) in [6, 6.07) is 0.374. The summed E-state index contributed by atoms with van der Waals surface area (Å²) in [6.07, 6.45) is 7.66. The van der Waals surface area contributed by atoms with Crippen LogP contribution in [0.15, 0.2) is 12.4 Å². The Morgan fingerprint density at radius 2 is 2.46 bits per heavy atom. The number of nitrogens with two attached hydrogens (primary N) is 1. The molecule has 0 spiro atoms. The van der Waals surface area contributed by atoms with Gasteiger partial charge < -0.3 is 5.73 Å². The smallest absolute Gasteiger partial charge is 0.0525 e. The normalized spacial score (nSPS) is 27.2. The van der Waals surface area contributed by atoms with Crippen LogP contribution in [0.4, 0.5) is 0 Å². The third kappa shape index (κ3) is 1.61. The SMILES string of the molecule is CCCn1cc(C2CCC2N)cn1. The van der Waals surface area contributed by atoms with E-state index in [9.17, 15) is 0 Å². The summed E-state index contributed by atoms with van der Waals surface area (Å²) >= 11 is 0. The second-order valence-electron chi connectivity index (χ2n) is 3.88. The van der Waals surface area contributed by atoms with E-state index in [1.807, 2.05) is 10.9 Å². The van der Waals surface area contributed by atoms with Crippen LogP contribution in [0.5, 0.6) is 0 Å². The van der Waals surface area contributed by atoms with E-state index in [4.69, 9.17) is 5.73 Å². The summed E-state index contributed by atoms with van der Waals surface area (Å²) in [7, 11) is 0. The maximum Gasteiger partial charge on any atom is 0.0525 e. The van der Waals surface area contributed by atoms with Crippen molar-refractivity contribution in [1.29, 1.82) is 0 Å². The first-order valence-corrected chi connectivity index (χ1v) is 5.09. The van der Waals surface area contributed by atoms with Crippen LogP contribution >= 0.6 is 0 Å². The molecule has 3 heteroatoms. The van der Waals surface area contributed by atoms with Crippen molar-refractivity contribution in [1.82, 2.24) is 9.78 Å². The Kier molecular flexibility index (Phi) is 2.36. The zero-order chi connectivity index (χ0) is 9.26. The van der Waals surface area contributed by atoms with Crippen LogP contribution in [0.3, 0.4) is 0 Å². The van der Waals surface area contributed by atoms with Crippen molar-refractivity contribution < 1.29 is 0 Å². The highest BCUT2D eigenvalue weighted by atomic mass is 15.3. The van der Waals surface area contributed by atoms with Gasteiger partial charge in [0.2, 0.25) is 0 Å². The van der Waals surface area contributed by atoms with Gasteiger partial charge in [-0.3, -0.25) is 4.68 Å². The molecule has 3 nitrogen and oxygen atoms in total. The molecule has 0 radical (unpaired) electrons. The molecule has 0 aliphatic heterocycles. The van der Waals surface area contributed by atoms with Gasteiger partial charge in [0.15, 0.2) is 0 Å². The number of hydrogen-bond acceptors (Lipinski definition) is 2. The highest BCUT2D eigenvalue weighted by Crippen LogP contribution is 2.34. The summed E-state index contributed by atoms with van der Waals surface area (Å²) in [6.45, 7) is 3.18. The van der Waals surface area contributed by atoms with Crippen LogP contribution in [0.25, 0.3) is 0 Å². The first kappa shape index (κ1) is 8.75. The van der Waals surface area contributed by atoms with Gasteiger partial charge in [-0.15, -0.1) is 0 Å². The van der Waals surface area contributed by atoms with Crippen molar-refractivity contribution in [3.8, 4) is 0 Å². The van der Waals surface area contributed by atoms with E-state index in [0.717, 1.165) is 13.0 Å². The van der Waals surface area contributed by atoms with E-state index in [2.05, 4.69) is 18.2 Å². The van der Waals surface area contributed by atoms with E-state index in [0.29, 0.717) is 12.0 Å². The lowest BCUT2D eigenvalue weighted by molar-refractivity contribution is 0.346. The minimum Gasteiger partial charge on any atom is -0.327 e. The van der Waals surface area contributed by atoms with Crippen LogP contribution in [0.2, 0.25) is 0 Å². The van der Waals surface area contributed by atoms with Crippen LogP contribution < -0.4 is 5.73 Å². The Hall–Kier alpha value is -0.830. The summed E-state index contributed by atoms with van der Waals surface area (Å²) in [5.74, 6) is 0.575. The van der Waals surface area contributed by atoms with Gasteiger partial charge in [-0.25, -0.2) is 0 Å². The molecule has 1 heterocycles. The van der Waals surface area contributed by atoms with Crippen LogP contribution in [-0.4, -0.2) is 15.8 Å². The molecule has 1 fully saturated rings. The minimum absolute atomic E-state index is 0.374. The maximum atomic E-state index is 5.90. The lowest BCUT2D eigenvalue weighted by Gasteiger charge is -2.32. The first-order chi connectivity index (χ1) is 6.31. The van der Waals surface area contributed by atoms with Crippen molar-refractivity contribution in [3.63, 3.8) is 0 Å². The lowest BCUT2D eigenvalue weighted by Crippen LogP contribution is -2.37. The van der Waals surface area contributed by atoms with Crippen LogP contribution in [0.1, 0.15) is 37.7 Å². The zero-order valence-electron chi connectivity index (χ0n) is 8.11. The zero-order valence-corrected chi connectivity index (χ0v) is 8.11. The molecule has 0 saturated heterocycles. The van der Waals surface area contributed by atoms with E-state index in [1.54, 1.807) is 0 Å². The molecule has 1 saturated carbocycles. The maximum absolute atomic E-state index is 5.90. The fraction of sp³-hybridized carbons (Fsp3) is 0.700. The summed E-state index contributed by atoms with van der Waals surface area (Å²) in [5, 5.41) is 4.30. The molecule has 0 amide bonds. The molecule has 13 heavy (non-hydrogen) atoms. The Bertz CT molecular complexity index is 279. The molecule has 0 aromatic carbocycles. The van der Waals surface area contributed by atoms with E-state index >= 15 is 0 Å². The number of hydrogen-bond donors (Lipinski definition) is 1. The third-order valence-corrected chi connectivity index (χ3v) is 2.86. The topological polar surface area (TPSA) is 43.8 Å². The number of aryl methyl sites for hydroxylation is 1. The monoisotopic (exact) mass is 179 g/mol. The van der Waals surface area contributed by atoms with Crippen molar-refractivity contribution in [2.75, 3.05) is 0 Å². The molecule has 0 bridgehead atoms. The number of rotatable bonds is 3. The van der Waals surface area contributed by atoms with Gasteiger partial charge in [0.25, 0.3) is 0 Å². The lowest BCUT2D eigenvalue weighted by atomic mass is 9.77. The standard InChI is InChI=1S/C10H17N3/c1-2-5-13-7-8(6-12-13)9-3-4-10(9)11/h6-7,9-10H,2-5,11H2,1H3. The van der Waals surface area contributed by atoms with Crippen molar-refractivity contribution in [3.05, 3.63) is 18.0 Å². The quantitative estimate of drug-likeness (QED) is 0.764. The summed E-state index contributed by atoms with van der Waals surface area (Å²) < 4.78 is 2.01. The average molecular weight is 179 g/mol. The van der Waals surface area contributed by atoms with Crippen molar-refractivity contribution in [2.45, 2.75) is 44.7 Å². The summed E-state index contributed by atoms with van der Waals surface area (Å²) in [5.41, 5.74) is 7.23. The fourth-order valence-electron chi connectivity index (χ4n) is 1.86. The van der Waals surface area contributed by atoms with E-state index in [-0.39, 0.29) is 0 Å². The minimum atomic E-state index is 0.374. The average Bonchev–Trinajstić information content (AvgIpc) is 2.51. The molecule has 2 atom stereocenters. The Labute approximate surface area is 78.9 Å². The molecule has 72 valence electrons. The van der Waals surface area contributed by atoms with Crippen LogP contribution in [0, 0.1) is 0 Å². The summed E-state index contributed by atoms with van der Waals surface area (Å²) in [4.78, 5) is 0. The van der Waals surface area contributed by atoms with Gasteiger partial charge in [-0.1, -0.05) is 6.92 Å². The molecule has 2 unspecified atom stereocenters. The van der Waals surface area contributed by atoms with Gasteiger partial charge in [0, 0.05) is 24.7 Å². The highest BCUT2D eigenvalue weighted by molar-refractivity contribution is 5.17. The first-order valence-electron chi connectivity index (χ1n) is 5.09. The number of aromatic nitrogens is 2. The molecule has 2 N–H and O–H groups in total. The molecular formula is C10H17N3. The van der Waals surface area contributed by atoms with E-state index < -0.39 is 0 Å². The predicted octanol–water partition coefficient (Wildman–Crippen LogP) is 1.50. The Balaban J connectivity index is 2.04. The van der Waals surface area contributed by atoms with Gasteiger partial charge in [0.1, 0.15) is 0 Å². The van der Waals surface area contributed by atoms with Gasteiger partial charge in [-0.05, 0) is 24.8 Å². The van der Waals surface area contributed by atoms with Crippen molar-refractivity contribution >= 4 is 0 Å². The largest absolute Gasteiger partial charge is 0.327 e. The van der Waals surface area contributed by atoms with Gasteiger partial charge in [0.05, 0.1) is 6.20 Å². The molecule has 1 aliphatic carbocycles. The second-order valence-corrected chi connectivity index (χ2v) is 3.88. The van der Waals surface area contributed by atoms with Crippen LogP contribution in [-0.2, 0) is 6.54 Å². The molecule has 1 aliphatic rings. The predicted molar refractivity (Wildman–Crippen MR) is 52.5 cm³/mol. The highest BCUT2D eigenvalue weighted by Gasteiger charge is 2.29. The molecule has 1 aromatic rings. The fourth-order valence-corrected chi connectivity index (χ4v) is 1.86.